The Kier molecular flexibility index (Phi) is 4.90. The molecule has 114 valence electrons. The van der Waals surface area contributed by atoms with Gasteiger partial charge in [-0.3, -0.25) is 4.68 Å². The largest absolute Gasteiger partial charge is 0.420 e. The van der Waals surface area contributed by atoms with Gasteiger partial charge in [0.05, 0.1) is 5.69 Å². The summed E-state index contributed by atoms with van der Waals surface area (Å²) in [6.07, 6.45) is 3.58. The minimum Gasteiger partial charge on any atom is -0.420 e. The number of hydrogen-bond acceptors (Lipinski definition) is 5. The van der Waals surface area contributed by atoms with Crippen molar-refractivity contribution < 1.29 is 4.74 Å². The topological polar surface area (TPSA) is 64.9 Å². The number of ether oxygens (including phenoxy) is 1. The molecule has 1 N–H and O–H groups in total. The Labute approximate surface area is 125 Å². The van der Waals surface area contributed by atoms with Crippen LogP contribution in [0.2, 0.25) is 0 Å². The molecule has 2 heterocycles. The van der Waals surface area contributed by atoms with E-state index in [1.165, 1.54) is 0 Å². The molecule has 0 aliphatic rings. The maximum Gasteiger partial charge on any atom is 0.322 e. The number of hydrogen-bond donors (Lipinski definition) is 1. The quantitative estimate of drug-likeness (QED) is 0.884. The molecule has 0 unspecified atom stereocenters. The lowest BCUT2D eigenvalue weighted by molar-refractivity contribution is 0.433. The van der Waals surface area contributed by atoms with Crippen LogP contribution >= 0.6 is 0 Å². The second-order valence-corrected chi connectivity index (χ2v) is 5.62. The fraction of sp³-hybridized carbons (Fsp3) is 0.533. The Morgan fingerprint density at radius 2 is 1.90 bits per heavy atom. The van der Waals surface area contributed by atoms with Crippen molar-refractivity contribution in [1.29, 1.82) is 0 Å². The van der Waals surface area contributed by atoms with Gasteiger partial charge in [-0.2, -0.15) is 5.10 Å². The third-order valence-corrected chi connectivity index (χ3v) is 3.20. The van der Waals surface area contributed by atoms with Crippen molar-refractivity contribution >= 4 is 0 Å². The summed E-state index contributed by atoms with van der Waals surface area (Å²) in [6.45, 7) is 9.97. The lowest BCUT2D eigenvalue weighted by Gasteiger charge is -2.08. The van der Waals surface area contributed by atoms with Crippen LogP contribution in [0, 0.1) is 19.8 Å². The first-order chi connectivity index (χ1) is 9.97. The minimum absolute atomic E-state index is 0.349. The zero-order valence-corrected chi connectivity index (χ0v) is 13.3. The molecule has 21 heavy (non-hydrogen) atoms. The van der Waals surface area contributed by atoms with E-state index in [-0.39, 0.29) is 0 Å². The molecule has 2 rings (SSSR count). The standard InChI is InChI=1S/C15H23N5O/c1-10(2)6-16-7-13-8-17-15(18-9-13)21-14-11(3)19-20(5)12(14)4/h8-10,16H,6-7H2,1-5H3. The first kappa shape index (κ1) is 15.4. The maximum absolute atomic E-state index is 5.73. The van der Waals surface area contributed by atoms with Crippen molar-refractivity contribution in [3.05, 3.63) is 29.3 Å². The summed E-state index contributed by atoms with van der Waals surface area (Å²) in [5.41, 5.74) is 2.84. The first-order valence-corrected chi connectivity index (χ1v) is 7.17. The molecule has 0 aromatic carbocycles. The number of aromatic nitrogens is 4. The normalized spacial score (nSPS) is 11.1. The van der Waals surface area contributed by atoms with E-state index in [0.717, 1.165) is 35.8 Å². The van der Waals surface area contributed by atoms with E-state index < -0.39 is 0 Å². The number of aryl methyl sites for hydroxylation is 2. The fourth-order valence-electron chi connectivity index (χ4n) is 1.99. The molecular formula is C15H23N5O. The highest BCUT2D eigenvalue weighted by Crippen LogP contribution is 2.25. The Bertz CT molecular complexity index is 589. The van der Waals surface area contributed by atoms with E-state index in [4.69, 9.17) is 4.74 Å². The summed E-state index contributed by atoms with van der Waals surface area (Å²) in [4.78, 5) is 8.51. The predicted molar refractivity (Wildman–Crippen MR) is 81.3 cm³/mol. The number of nitrogens with one attached hydrogen (secondary N) is 1. The van der Waals surface area contributed by atoms with Crippen LogP contribution < -0.4 is 10.1 Å². The van der Waals surface area contributed by atoms with Gasteiger partial charge < -0.3 is 10.1 Å². The van der Waals surface area contributed by atoms with E-state index in [1.54, 1.807) is 17.1 Å². The minimum atomic E-state index is 0.349. The molecule has 6 nitrogen and oxygen atoms in total. The van der Waals surface area contributed by atoms with Gasteiger partial charge in [0.25, 0.3) is 0 Å². The SMILES string of the molecule is Cc1nn(C)c(C)c1Oc1ncc(CNCC(C)C)cn1. The third-order valence-electron chi connectivity index (χ3n) is 3.20. The van der Waals surface area contributed by atoms with Crippen LogP contribution in [-0.4, -0.2) is 26.3 Å². The van der Waals surface area contributed by atoms with Gasteiger partial charge in [-0.05, 0) is 26.3 Å². The molecule has 0 radical (unpaired) electrons. The Hall–Kier alpha value is -1.95. The number of rotatable bonds is 6. The maximum atomic E-state index is 5.73. The zero-order chi connectivity index (χ0) is 15.4. The molecular weight excluding hydrogens is 266 g/mol. The van der Waals surface area contributed by atoms with Gasteiger partial charge in [-0.25, -0.2) is 9.97 Å². The zero-order valence-electron chi connectivity index (χ0n) is 13.3. The molecule has 0 aliphatic carbocycles. The van der Waals surface area contributed by atoms with Crippen LogP contribution in [0.4, 0.5) is 0 Å². The average Bonchev–Trinajstić information content (AvgIpc) is 2.67. The van der Waals surface area contributed by atoms with Crippen LogP contribution in [0.25, 0.3) is 0 Å². The van der Waals surface area contributed by atoms with Gasteiger partial charge in [0.15, 0.2) is 5.75 Å². The van der Waals surface area contributed by atoms with Crippen molar-refractivity contribution in [1.82, 2.24) is 25.1 Å². The van der Waals surface area contributed by atoms with Crippen molar-refractivity contribution in [3.8, 4) is 11.8 Å². The van der Waals surface area contributed by atoms with Crippen LogP contribution in [0.1, 0.15) is 30.8 Å². The predicted octanol–water partition coefficient (Wildman–Crippen LogP) is 2.36. The molecule has 6 heteroatoms. The highest BCUT2D eigenvalue weighted by Gasteiger charge is 2.12. The van der Waals surface area contributed by atoms with Crippen LogP contribution in [0.5, 0.6) is 11.8 Å². The summed E-state index contributed by atoms with van der Waals surface area (Å²) in [7, 11) is 1.89. The van der Waals surface area contributed by atoms with Gasteiger partial charge >= 0.3 is 6.01 Å². The van der Waals surface area contributed by atoms with Gasteiger partial charge in [0, 0.05) is 31.5 Å². The average molecular weight is 289 g/mol. The van der Waals surface area contributed by atoms with E-state index in [1.807, 2.05) is 20.9 Å². The van der Waals surface area contributed by atoms with E-state index in [0.29, 0.717) is 11.9 Å². The molecule has 0 bridgehead atoms. The Balaban J connectivity index is 1.99. The van der Waals surface area contributed by atoms with Crippen molar-refractivity contribution in [2.75, 3.05) is 6.54 Å². The highest BCUT2D eigenvalue weighted by atomic mass is 16.5. The second-order valence-electron chi connectivity index (χ2n) is 5.62. The van der Waals surface area contributed by atoms with Crippen LogP contribution in [-0.2, 0) is 13.6 Å². The summed E-state index contributed by atoms with van der Waals surface area (Å²) < 4.78 is 7.52. The lowest BCUT2D eigenvalue weighted by Crippen LogP contribution is -2.19. The van der Waals surface area contributed by atoms with Crippen molar-refractivity contribution in [3.63, 3.8) is 0 Å². The lowest BCUT2D eigenvalue weighted by atomic mass is 10.2. The first-order valence-electron chi connectivity index (χ1n) is 7.17. The molecule has 0 saturated heterocycles. The molecule has 0 saturated carbocycles. The Morgan fingerprint density at radius 3 is 2.43 bits per heavy atom. The van der Waals surface area contributed by atoms with Gasteiger partial charge in [-0.1, -0.05) is 13.8 Å². The van der Waals surface area contributed by atoms with Crippen molar-refractivity contribution in [2.45, 2.75) is 34.2 Å². The summed E-state index contributed by atoms with van der Waals surface area (Å²) >= 11 is 0. The van der Waals surface area contributed by atoms with Gasteiger partial charge in [0.1, 0.15) is 5.69 Å². The monoisotopic (exact) mass is 289 g/mol. The molecule has 0 spiro atoms. The van der Waals surface area contributed by atoms with Gasteiger partial charge in [-0.15, -0.1) is 0 Å². The second kappa shape index (κ2) is 6.67. The molecule has 0 amide bonds. The van der Waals surface area contributed by atoms with E-state index in [9.17, 15) is 0 Å². The van der Waals surface area contributed by atoms with Crippen molar-refractivity contribution in [2.24, 2.45) is 13.0 Å². The third kappa shape index (κ3) is 4.01. The van der Waals surface area contributed by atoms with E-state index in [2.05, 4.69) is 34.2 Å². The Morgan fingerprint density at radius 1 is 1.24 bits per heavy atom. The highest BCUT2D eigenvalue weighted by molar-refractivity contribution is 5.33. The fourth-order valence-corrected chi connectivity index (χ4v) is 1.99. The number of nitrogens with zero attached hydrogens (tertiary/aromatic N) is 4. The summed E-state index contributed by atoms with van der Waals surface area (Å²) in [5, 5.41) is 7.67. The summed E-state index contributed by atoms with van der Waals surface area (Å²) in [5.74, 6) is 1.35. The molecule has 0 fully saturated rings. The van der Waals surface area contributed by atoms with E-state index >= 15 is 0 Å². The molecule has 2 aromatic rings. The molecule has 0 aliphatic heterocycles. The summed E-state index contributed by atoms with van der Waals surface area (Å²) in [6, 6.07) is 0.349. The van der Waals surface area contributed by atoms with Gasteiger partial charge in [0.2, 0.25) is 0 Å². The molecule has 2 aromatic heterocycles. The smallest absolute Gasteiger partial charge is 0.322 e. The van der Waals surface area contributed by atoms with Crippen LogP contribution in [0.3, 0.4) is 0 Å². The molecule has 0 atom stereocenters. The van der Waals surface area contributed by atoms with Crippen LogP contribution in [0.15, 0.2) is 12.4 Å².